The van der Waals surface area contributed by atoms with Crippen molar-refractivity contribution in [3.05, 3.63) is 0 Å². The molecule has 2 fully saturated rings. The summed E-state index contributed by atoms with van der Waals surface area (Å²) in [6, 6.07) is -0.186. The highest BCUT2D eigenvalue weighted by Gasteiger charge is 2.37. The highest BCUT2D eigenvalue weighted by molar-refractivity contribution is 7.91. The molecule has 6 nitrogen and oxygen atoms in total. The van der Waals surface area contributed by atoms with E-state index < -0.39 is 9.84 Å². The van der Waals surface area contributed by atoms with Crippen LogP contribution < -0.4 is 5.32 Å². The van der Waals surface area contributed by atoms with E-state index in [-0.39, 0.29) is 41.2 Å². The third-order valence-electron chi connectivity index (χ3n) is 5.57. The smallest absolute Gasteiger partial charge is 0.225 e. The van der Waals surface area contributed by atoms with Gasteiger partial charge >= 0.3 is 0 Å². The maximum Gasteiger partial charge on any atom is 0.225 e. The van der Waals surface area contributed by atoms with Gasteiger partial charge in [0.25, 0.3) is 0 Å². The molecule has 1 saturated carbocycles. The lowest BCUT2D eigenvalue weighted by Gasteiger charge is -2.32. The average molecular weight is 373 g/mol. The number of nitrogens with one attached hydrogen (secondary N) is 1. The summed E-state index contributed by atoms with van der Waals surface area (Å²) in [7, 11) is -1.27. The molecule has 0 aromatic carbocycles. The Bertz CT molecular complexity index is 580. The van der Waals surface area contributed by atoms with Gasteiger partial charge in [-0.3, -0.25) is 9.59 Å². The van der Waals surface area contributed by atoms with Gasteiger partial charge in [0.2, 0.25) is 11.8 Å². The van der Waals surface area contributed by atoms with Crippen LogP contribution in [0.15, 0.2) is 0 Å². The van der Waals surface area contributed by atoms with Crippen LogP contribution in [0, 0.1) is 17.8 Å². The zero-order chi connectivity index (χ0) is 18.6. The Morgan fingerprint density at radius 2 is 1.68 bits per heavy atom. The number of carbonyl (C=O) groups is 2. The summed E-state index contributed by atoms with van der Waals surface area (Å²) in [5, 5.41) is 3.00. The van der Waals surface area contributed by atoms with Gasteiger partial charge in [-0.15, -0.1) is 0 Å². The molecule has 1 atom stereocenters. The largest absolute Gasteiger partial charge is 0.356 e. The molecule has 2 aliphatic rings. The Kier molecular flexibility index (Phi) is 6.88. The average Bonchev–Trinajstić information content (AvgIpc) is 2.93. The molecular formula is C18H32N2O4S. The van der Waals surface area contributed by atoms with Gasteiger partial charge in [-0.25, -0.2) is 8.42 Å². The van der Waals surface area contributed by atoms with Crippen LogP contribution in [0.3, 0.4) is 0 Å². The maximum atomic E-state index is 12.7. The Morgan fingerprint density at radius 3 is 2.20 bits per heavy atom. The van der Waals surface area contributed by atoms with Gasteiger partial charge in [0.1, 0.15) is 0 Å². The number of amides is 2. The van der Waals surface area contributed by atoms with E-state index in [1.54, 1.807) is 11.9 Å². The summed E-state index contributed by atoms with van der Waals surface area (Å²) in [5.41, 5.74) is 0. The summed E-state index contributed by atoms with van der Waals surface area (Å²) < 4.78 is 23.2. The Morgan fingerprint density at radius 1 is 1.08 bits per heavy atom. The second-order valence-corrected chi connectivity index (χ2v) is 10.3. The second-order valence-electron chi connectivity index (χ2n) is 8.03. The molecule has 1 aliphatic carbocycles. The molecule has 0 aromatic heterocycles. The van der Waals surface area contributed by atoms with Gasteiger partial charge < -0.3 is 10.2 Å². The molecule has 0 bridgehead atoms. The normalized spacial score (nSPS) is 28.7. The zero-order valence-electron chi connectivity index (χ0n) is 15.7. The van der Waals surface area contributed by atoms with Crippen molar-refractivity contribution in [1.82, 2.24) is 10.2 Å². The van der Waals surface area contributed by atoms with Crippen LogP contribution in [-0.2, 0) is 19.4 Å². The summed E-state index contributed by atoms with van der Waals surface area (Å²) in [6.07, 6.45) is 4.42. The highest BCUT2D eigenvalue weighted by atomic mass is 32.2. The summed E-state index contributed by atoms with van der Waals surface area (Å²) in [6.45, 7) is 4.98. The Hall–Kier alpha value is -1.11. The highest BCUT2D eigenvalue weighted by Crippen LogP contribution is 2.31. The van der Waals surface area contributed by atoms with Crippen molar-refractivity contribution in [3.8, 4) is 0 Å². The van der Waals surface area contributed by atoms with Gasteiger partial charge in [-0.2, -0.15) is 0 Å². The van der Waals surface area contributed by atoms with Crippen LogP contribution in [0.4, 0.5) is 0 Å². The number of nitrogens with zero attached hydrogens (tertiary/aromatic N) is 1. The van der Waals surface area contributed by atoms with E-state index in [2.05, 4.69) is 19.2 Å². The quantitative estimate of drug-likeness (QED) is 0.768. The standard InChI is InChI=1S/C18H32N2O4S/c1-13(2)8-10-19-17(21)14-4-6-15(7-5-14)18(22)20(3)16-9-11-25(23,24)12-16/h13-16H,4-12H2,1-3H3,(H,19,21). The topological polar surface area (TPSA) is 83.6 Å². The van der Waals surface area contributed by atoms with E-state index in [9.17, 15) is 18.0 Å². The first-order valence-corrected chi connectivity index (χ1v) is 11.3. The number of carbonyl (C=O) groups excluding carboxylic acids is 2. The first kappa shape index (κ1) is 20.2. The van der Waals surface area contributed by atoms with E-state index >= 15 is 0 Å². The number of hydrogen-bond acceptors (Lipinski definition) is 4. The molecule has 0 spiro atoms. The van der Waals surface area contributed by atoms with Crippen LogP contribution in [0.25, 0.3) is 0 Å². The van der Waals surface area contributed by atoms with Crippen LogP contribution >= 0.6 is 0 Å². The van der Waals surface area contributed by atoms with Crippen molar-refractivity contribution in [2.45, 2.75) is 58.4 Å². The van der Waals surface area contributed by atoms with Crippen molar-refractivity contribution in [3.63, 3.8) is 0 Å². The first-order chi connectivity index (χ1) is 11.7. The summed E-state index contributed by atoms with van der Waals surface area (Å²) in [4.78, 5) is 26.5. The van der Waals surface area contributed by atoms with Crippen LogP contribution in [-0.4, -0.2) is 56.3 Å². The lowest BCUT2D eigenvalue weighted by atomic mass is 9.80. The number of rotatable bonds is 6. The molecule has 1 heterocycles. The lowest BCUT2D eigenvalue weighted by molar-refractivity contribution is -0.138. The fraction of sp³-hybridized carbons (Fsp3) is 0.889. The molecule has 0 aromatic rings. The molecule has 1 saturated heterocycles. The molecule has 25 heavy (non-hydrogen) atoms. The van der Waals surface area contributed by atoms with Crippen molar-refractivity contribution in [2.24, 2.45) is 17.8 Å². The Balaban J connectivity index is 1.77. The summed E-state index contributed by atoms with van der Waals surface area (Å²) >= 11 is 0. The molecule has 1 unspecified atom stereocenters. The zero-order valence-corrected chi connectivity index (χ0v) is 16.5. The number of hydrogen-bond donors (Lipinski definition) is 1. The van der Waals surface area contributed by atoms with Crippen molar-refractivity contribution in [1.29, 1.82) is 0 Å². The molecule has 1 aliphatic heterocycles. The third-order valence-corrected chi connectivity index (χ3v) is 7.32. The predicted molar refractivity (Wildman–Crippen MR) is 97.7 cm³/mol. The minimum Gasteiger partial charge on any atom is -0.356 e. The van der Waals surface area contributed by atoms with E-state index in [0.29, 0.717) is 31.7 Å². The minimum atomic E-state index is -2.99. The van der Waals surface area contributed by atoms with Gasteiger partial charge in [-0.05, 0) is 44.4 Å². The van der Waals surface area contributed by atoms with Crippen LogP contribution in [0.2, 0.25) is 0 Å². The van der Waals surface area contributed by atoms with Gasteiger partial charge in [0.05, 0.1) is 11.5 Å². The van der Waals surface area contributed by atoms with Crippen molar-refractivity contribution < 1.29 is 18.0 Å². The van der Waals surface area contributed by atoms with Gasteiger partial charge in [0.15, 0.2) is 9.84 Å². The molecule has 2 rings (SSSR count). The van der Waals surface area contributed by atoms with Crippen molar-refractivity contribution >= 4 is 21.7 Å². The van der Waals surface area contributed by atoms with E-state index in [1.165, 1.54) is 0 Å². The molecule has 2 amide bonds. The maximum absolute atomic E-state index is 12.7. The van der Waals surface area contributed by atoms with Crippen LogP contribution in [0.5, 0.6) is 0 Å². The fourth-order valence-electron chi connectivity index (χ4n) is 3.78. The fourth-order valence-corrected chi connectivity index (χ4v) is 5.55. The monoisotopic (exact) mass is 372 g/mol. The first-order valence-electron chi connectivity index (χ1n) is 9.44. The molecule has 144 valence electrons. The van der Waals surface area contributed by atoms with E-state index in [1.807, 2.05) is 0 Å². The van der Waals surface area contributed by atoms with Gasteiger partial charge in [-0.1, -0.05) is 13.8 Å². The van der Waals surface area contributed by atoms with Gasteiger partial charge in [0, 0.05) is 31.5 Å². The predicted octanol–water partition coefficient (Wildman–Crippen LogP) is 1.60. The lowest BCUT2D eigenvalue weighted by Crippen LogP contribution is -2.43. The van der Waals surface area contributed by atoms with Crippen LogP contribution in [0.1, 0.15) is 52.4 Å². The Labute approximate surface area is 151 Å². The minimum absolute atomic E-state index is 0.00776. The molecule has 1 N–H and O–H groups in total. The molecule has 0 radical (unpaired) electrons. The summed E-state index contributed by atoms with van der Waals surface area (Å²) in [5.74, 6) is 0.925. The molecular weight excluding hydrogens is 340 g/mol. The number of sulfone groups is 1. The SMILES string of the molecule is CC(C)CCNC(=O)C1CCC(C(=O)N(C)C2CCS(=O)(=O)C2)CC1. The molecule has 7 heteroatoms. The van der Waals surface area contributed by atoms with Crippen molar-refractivity contribution in [2.75, 3.05) is 25.1 Å². The van der Waals surface area contributed by atoms with E-state index in [4.69, 9.17) is 0 Å². The second kappa shape index (κ2) is 8.52. The van der Waals surface area contributed by atoms with E-state index in [0.717, 1.165) is 19.3 Å². The third kappa shape index (κ3) is 5.69.